The third-order valence-electron chi connectivity index (χ3n) is 5.38. The highest BCUT2D eigenvalue weighted by atomic mass is 35.5. The summed E-state index contributed by atoms with van der Waals surface area (Å²) in [6.07, 6.45) is 3.46. The molecule has 30 heavy (non-hydrogen) atoms. The number of hydrogen-bond donors (Lipinski definition) is 1. The molecule has 1 N–H and O–H groups in total. The molecule has 2 aromatic carbocycles. The number of rotatable bonds is 3. The predicted molar refractivity (Wildman–Crippen MR) is 119 cm³/mol. The second kappa shape index (κ2) is 8.21. The summed E-state index contributed by atoms with van der Waals surface area (Å²) < 4.78 is 29.6. The Balaban J connectivity index is 1.68. The topological polar surface area (TPSA) is 78.8 Å². The summed E-state index contributed by atoms with van der Waals surface area (Å²) in [5, 5.41) is 3.62. The number of nitrogens with zero attached hydrogens (tertiary/aromatic N) is 2. The van der Waals surface area contributed by atoms with E-state index in [1.807, 2.05) is 17.9 Å². The van der Waals surface area contributed by atoms with Crippen LogP contribution in [0.3, 0.4) is 0 Å². The number of halogens is 2. The van der Waals surface area contributed by atoms with E-state index < -0.39 is 15.9 Å². The van der Waals surface area contributed by atoms with E-state index in [-0.39, 0.29) is 21.5 Å². The van der Waals surface area contributed by atoms with Crippen LogP contribution in [0.5, 0.6) is 0 Å². The minimum absolute atomic E-state index is 0.0121. The first-order valence-electron chi connectivity index (χ1n) is 9.77. The number of anilines is 1. The van der Waals surface area contributed by atoms with Gasteiger partial charge in [0.1, 0.15) is 10.7 Å². The molecule has 4 rings (SSSR count). The lowest BCUT2D eigenvalue weighted by Gasteiger charge is -2.30. The molecular formula is C21H21Cl2N3O3S. The number of carbonyl (C=O) groups excluding carboxylic acids is 1. The summed E-state index contributed by atoms with van der Waals surface area (Å²) in [4.78, 5) is 14.8. The second-order valence-electron chi connectivity index (χ2n) is 7.49. The minimum atomic E-state index is -3.90. The van der Waals surface area contributed by atoms with Crippen molar-refractivity contribution < 1.29 is 13.2 Å². The molecule has 1 unspecified atom stereocenters. The lowest BCUT2D eigenvalue weighted by atomic mass is 10.1. The van der Waals surface area contributed by atoms with Crippen LogP contribution >= 0.6 is 23.2 Å². The number of amides is 1. The predicted octanol–water partition coefficient (Wildman–Crippen LogP) is 4.97. The zero-order valence-electron chi connectivity index (χ0n) is 16.4. The maximum atomic E-state index is 12.9. The Morgan fingerprint density at radius 3 is 2.73 bits per heavy atom. The van der Waals surface area contributed by atoms with E-state index in [0.29, 0.717) is 29.5 Å². The summed E-state index contributed by atoms with van der Waals surface area (Å²) in [5.74, 6) is 0.0824. The molecule has 0 saturated carbocycles. The third-order valence-corrected chi connectivity index (χ3v) is 7.26. The molecule has 0 aromatic heterocycles. The van der Waals surface area contributed by atoms with Gasteiger partial charge in [0.25, 0.3) is 15.9 Å². The number of benzene rings is 2. The van der Waals surface area contributed by atoms with E-state index in [0.717, 1.165) is 24.8 Å². The Kier molecular flexibility index (Phi) is 5.79. The Labute approximate surface area is 185 Å². The molecule has 1 amide bonds. The van der Waals surface area contributed by atoms with Gasteiger partial charge in [-0.25, -0.2) is 0 Å². The molecule has 2 aliphatic heterocycles. The molecule has 0 spiro atoms. The highest BCUT2D eigenvalue weighted by Gasteiger charge is 2.33. The second-order valence-corrected chi connectivity index (χ2v) is 9.91. The van der Waals surface area contributed by atoms with E-state index in [2.05, 4.69) is 9.71 Å². The van der Waals surface area contributed by atoms with Gasteiger partial charge in [0.15, 0.2) is 0 Å². The number of carbonyl (C=O) groups is 1. The van der Waals surface area contributed by atoms with Gasteiger partial charge in [0.2, 0.25) is 0 Å². The van der Waals surface area contributed by atoms with Crippen LogP contribution in [0.15, 0.2) is 45.7 Å². The highest BCUT2D eigenvalue weighted by molar-refractivity contribution is 7.90. The van der Waals surface area contributed by atoms with Crippen LogP contribution in [-0.4, -0.2) is 26.7 Å². The van der Waals surface area contributed by atoms with Crippen LogP contribution in [0, 0.1) is 0 Å². The van der Waals surface area contributed by atoms with Crippen LogP contribution in [0.4, 0.5) is 5.69 Å². The fourth-order valence-electron chi connectivity index (χ4n) is 3.80. The molecule has 0 bridgehead atoms. The van der Waals surface area contributed by atoms with Gasteiger partial charge in [-0.3, -0.25) is 4.79 Å². The van der Waals surface area contributed by atoms with Crippen molar-refractivity contribution in [1.29, 1.82) is 0 Å². The Hall–Kier alpha value is -2.09. The van der Waals surface area contributed by atoms with Crippen molar-refractivity contribution in [3.63, 3.8) is 0 Å². The Morgan fingerprint density at radius 2 is 1.97 bits per heavy atom. The van der Waals surface area contributed by atoms with Gasteiger partial charge in [0, 0.05) is 18.0 Å². The standard InChI is InChI=1S/C21H21Cl2N3O3S/c1-13(14-6-5-7-15(22)10-14)24-21(27)16-11-19-18(12-17(16)23)26-9-4-2-3-8-20(26)25-30(19,28)29/h5-7,10-13H,2-4,8-9H2,1H3,(H,24,27). The van der Waals surface area contributed by atoms with Crippen molar-refractivity contribution in [2.75, 3.05) is 11.4 Å². The van der Waals surface area contributed by atoms with Crippen LogP contribution in [0.1, 0.15) is 54.6 Å². The zero-order valence-corrected chi connectivity index (χ0v) is 18.7. The smallest absolute Gasteiger partial charge is 0.286 e. The van der Waals surface area contributed by atoms with Crippen molar-refractivity contribution in [3.8, 4) is 0 Å². The van der Waals surface area contributed by atoms with E-state index in [4.69, 9.17) is 23.2 Å². The number of sulfonamides is 1. The van der Waals surface area contributed by atoms with Crippen LogP contribution in [-0.2, 0) is 10.0 Å². The monoisotopic (exact) mass is 465 g/mol. The lowest BCUT2D eigenvalue weighted by Crippen LogP contribution is -2.35. The summed E-state index contributed by atoms with van der Waals surface area (Å²) in [6, 6.07) is 9.73. The van der Waals surface area contributed by atoms with Gasteiger partial charge in [-0.2, -0.15) is 8.42 Å². The SMILES string of the molecule is CC(NC(=O)c1cc2c(cc1Cl)N1CCCCCC1=NS2(=O)=O)c1cccc(Cl)c1. The molecule has 1 fully saturated rings. The molecule has 2 aliphatic rings. The van der Waals surface area contributed by atoms with Crippen LogP contribution < -0.4 is 10.2 Å². The van der Waals surface area contributed by atoms with E-state index in [1.165, 1.54) is 6.07 Å². The fourth-order valence-corrected chi connectivity index (χ4v) is 5.51. The maximum absolute atomic E-state index is 12.9. The van der Waals surface area contributed by atoms with E-state index >= 15 is 0 Å². The van der Waals surface area contributed by atoms with Gasteiger partial charge in [-0.05, 0) is 49.6 Å². The Morgan fingerprint density at radius 1 is 1.17 bits per heavy atom. The average molecular weight is 466 g/mol. The quantitative estimate of drug-likeness (QED) is 0.693. The first-order chi connectivity index (χ1) is 14.3. The molecule has 1 atom stereocenters. The summed E-state index contributed by atoms with van der Waals surface area (Å²) in [6.45, 7) is 2.50. The molecule has 0 aliphatic carbocycles. The highest BCUT2D eigenvalue weighted by Crippen LogP contribution is 2.38. The Bertz CT molecular complexity index is 1150. The van der Waals surface area contributed by atoms with E-state index in [1.54, 1.807) is 24.3 Å². The summed E-state index contributed by atoms with van der Waals surface area (Å²) in [5.41, 5.74) is 1.42. The van der Waals surface area contributed by atoms with Crippen molar-refractivity contribution in [2.45, 2.75) is 43.5 Å². The molecular weight excluding hydrogens is 445 g/mol. The normalized spacial score (nSPS) is 18.5. The third kappa shape index (κ3) is 4.06. The van der Waals surface area contributed by atoms with Gasteiger partial charge in [-0.1, -0.05) is 41.8 Å². The van der Waals surface area contributed by atoms with E-state index in [9.17, 15) is 13.2 Å². The lowest BCUT2D eigenvalue weighted by molar-refractivity contribution is 0.0940. The van der Waals surface area contributed by atoms with Crippen molar-refractivity contribution in [1.82, 2.24) is 5.32 Å². The minimum Gasteiger partial charge on any atom is -0.345 e. The van der Waals surface area contributed by atoms with Gasteiger partial charge < -0.3 is 10.2 Å². The number of hydrogen-bond acceptors (Lipinski definition) is 4. The molecule has 6 nitrogen and oxygen atoms in total. The zero-order chi connectivity index (χ0) is 21.5. The molecule has 158 valence electrons. The van der Waals surface area contributed by atoms with Crippen molar-refractivity contribution in [3.05, 3.63) is 57.6 Å². The van der Waals surface area contributed by atoms with Crippen molar-refractivity contribution in [2.24, 2.45) is 4.40 Å². The maximum Gasteiger partial charge on any atom is 0.286 e. The number of amidine groups is 1. The molecule has 2 heterocycles. The number of fused-ring (bicyclic) bond motifs is 3. The summed E-state index contributed by atoms with van der Waals surface area (Å²) in [7, 11) is -3.90. The molecule has 9 heteroatoms. The summed E-state index contributed by atoms with van der Waals surface area (Å²) >= 11 is 12.5. The van der Waals surface area contributed by atoms with Gasteiger partial charge in [0.05, 0.1) is 22.3 Å². The molecule has 1 saturated heterocycles. The molecule has 0 radical (unpaired) electrons. The van der Waals surface area contributed by atoms with Gasteiger partial charge in [-0.15, -0.1) is 4.40 Å². The molecule has 2 aromatic rings. The van der Waals surface area contributed by atoms with Crippen LogP contribution in [0.25, 0.3) is 0 Å². The van der Waals surface area contributed by atoms with Crippen molar-refractivity contribution >= 4 is 50.7 Å². The first-order valence-corrected chi connectivity index (χ1v) is 12.0. The average Bonchev–Trinajstić information content (AvgIpc) is 2.92. The number of nitrogens with one attached hydrogen (secondary N) is 1. The van der Waals surface area contributed by atoms with Gasteiger partial charge >= 0.3 is 0 Å². The largest absolute Gasteiger partial charge is 0.345 e. The fraction of sp³-hybridized carbons (Fsp3) is 0.333. The van der Waals surface area contributed by atoms with Crippen LogP contribution in [0.2, 0.25) is 10.0 Å². The first kappa shape index (κ1) is 21.2.